The summed E-state index contributed by atoms with van der Waals surface area (Å²) in [5.41, 5.74) is 5.44. The molecule has 7 heteroatoms. The van der Waals surface area contributed by atoms with Crippen LogP contribution in [0.2, 0.25) is 0 Å². The largest absolute Gasteiger partial charge is 0.349 e. The van der Waals surface area contributed by atoms with E-state index < -0.39 is 0 Å². The number of amides is 1. The van der Waals surface area contributed by atoms with Gasteiger partial charge in [0.05, 0.1) is 23.9 Å². The van der Waals surface area contributed by atoms with Crippen LogP contribution in [0.4, 0.5) is 0 Å². The number of nitrogens with zero attached hydrogens (tertiary/aromatic N) is 6. The van der Waals surface area contributed by atoms with Gasteiger partial charge in [0.25, 0.3) is 0 Å². The Labute approximate surface area is 163 Å². The Kier molecular flexibility index (Phi) is 4.43. The molecule has 4 rings (SSSR count). The maximum absolute atomic E-state index is 12.3. The van der Waals surface area contributed by atoms with Crippen LogP contribution >= 0.6 is 0 Å². The number of hydrogen-bond donors (Lipinski definition) is 0. The summed E-state index contributed by atoms with van der Waals surface area (Å²) in [5.74, 6) is 0.801. The van der Waals surface area contributed by atoms with Gasteiger partial charge in [0.15, 0.2) is 5.65 Å². The number of carbonyl (C=O) groups is 1. The van der Waals surface area contributed by atoms with E-state index in [1.54, 1.807) is 31.4 Å². The van der Waals surface area contributed by atoms with Gasteiger partial charge in [0.1, 0.15) is 5.82 Å². The molecule has 0 N–H and O–H groups in total. The zero-order chi connectivity index (χ0) is 19.8. The van der Waals surface area contributed by atoms with Gasteiger partial charge in [0.2, 0.25) is 5.91 Å². The smallest absolute Gasteiger partial charge is 0.226 e. The highest BCUT2D eigenvalue weighted by Gasteiger charge is 2.18. The van der Waals surface area contributed by atoms with Gasteiger partial charge in [-0.3, -0.25) is 9.36 Å². The fourth-order valence-electron chi connectivity index (χ4n) is 3.34. The lowest BCUT2D eigenvalue weighted by atomic mass is 10.1. The topological polar surface area (TPSA) is 68.3 Å². The number of likely N-dealkylation sites (N-methyl/N-ethyl adjacent to an activating group) is 1. The molecule has 0 atom stereocenters. The Bertz CT molecular complexity index is 1170. The van der Waals surface area contributed by atoms with Crippen molar-refractivity contribution in [2.75, 3.05) is 14.1 Å². The first kappa shape index (κ1) is 17.9. The lowest BCUT2D eigenvalue weighted by molar-refractivity contribution is -0.127. The summed E-state index contributed by atoms with van der Waals surface area (Å²) in [6.07, 6.45) is 5.78. The third-order valence-electron chi connectivity index (χ3n) is 4.75. The molecule has 0 unspecified atom stereocenters. The highest BCUT2D eigenvalue weighted by atomic mass is 16.2. The molecule has 7 nitrogen and oxygen atoms in total. The van der Waals surface area contributed by atoms with Gasteiger partial charge in [-0.05, 0) is 31.5 Å². The monoisotopic (exact) mass is 374 g/mol. The van der Waals surface area contributed by atoms with Gasteiger partial charge in [0, 0.05) is 37.9 Å². The van der Waals surface area contributed by atoms with Crippen molar-refractivity contribution in [2.24, 2.45) is 0 Å². The van der Waals surface area contributed by atoms with Crippen LogP contribution in [0, 0.1) is 13.8 Å². The highest BCUT2D eigenvalue weighted by Crippen LogP contribution is 2.27. The van der Waals surface area contributed by atoms with Crippen molar-refractivity contribution >= 4 is 11.6 Å². The summed E-state index contributed by atoms with van der Waals surface area (Å²) in [5, 5.41) is 4.48. The maximum Gasteiger partial charge on any atom is 0.226 e. The molecule has 0 saturated heterocycles. The first-order valence-corrected chi connectivity index (χ1v) is 9.10. The summed E-state index contributed by atoms with van der Waals surface area (Å²) >= 11 is 0. The van der Waals surface area contributed by atoms with E-state index in [2.05, 4.69) is 15.1 Å². The molecule has 0 spiro atoms. The van der Waals surface area contributed by atoms with Crippen LogP contribution in [0.15, 0.2) is 48.9 Å². The minimum absolute atomic E-state index is 0.0537. The number of aryl methyl sites for hydroxylation is 2. The average Bonchev–Trinajstić information content (AvgIpc) is 3.28. The lowest BCUT2D eigenvalue weighted by Crippen LogP contribution is -2.24. The van der Waals surface area contributed by atoms with Gasteiger partial charge in [-0.25, -0.2) is 14.5 Å². The predicted molar refractivity (Wildman–Crippen MR) is 107 cm³/mol. The first-order chi connectivity index (χ1) is 13.5. The summed E-state index contributed by atoms with van der Waals surface area (Å²) in [6, 6.07) is 9.88. The molecule has 1 aromatic carbocycles. The second kappa shape index (κ2) is 6.92. The number of imidazole rings is 1. The van der Waals surface area contributed by atoms with Crippen LogP contribution in [0.25, 0.3) is 22.7 Å². The van der Waals surface area contributed by atoms with Crippen molar-refractivity contribution in [2.45, 2.75) is 20.3 Å². The van der Waals surface area contributed by atoms with Gasteiger partial charge >= 0.3 is 0 Å². The molecular weight excluding hydrogens is 352 g/mol. The van der Waals surface area contributed by atoms with Gasteiger partial charge in [-0.1, -0.05) is 18.2 Å². The van der Waals surface area contributed by atoms with Gasteiger partial charge < -0.3 is 4.90 Å². The van der Waals surface area contributed by atoms with Gasteiger partial charge in [-0.2, -0.15) is 5.10 Å². The second-order valence-corrected chi connectivity index (χ2v) is 7.05. The molecule has 3 aromatic heterocycles. The highest BCUT2D eigenvalue weighted by molar-refractivity contribution is 5.80. The summed E-state index contributed by atoms with van der Waals surface area (Å²) in [4.78, 5) is 23.1. The van der Waals surface area contributed by atoms with Crippen molar-refractivity contribution in [1.29, 1.82) is 0 Å². The zero-order valence-electron chi connectivity index (χ0n) is 16.4. The van der Waals surface area contributed by atoms with E-state index in [4.69, 9.17) is 0 Å². The van der Waals surface area contributed by atoms with Crippen molar-refractivity contribution in [3.05, 3.63) is 65.9 Å². The molecule has 4 aromatic rings. The number of fused-ring (bicyclic) bond motifs is 1. The molecule has 0 saturated carbocycles. The van der Waals surface area contributed by atoms with Gasteiger partial charge in [-0.15, -0.1) is 0 Å². The minimum atomic E-state index is 0.0537. The average molecular weight is 374 g/mol. The SMILES string of the molecule is Cc1cc(C)n2ncc(-c3nccn3-c3ccccc3CC(=O)N(C)C)c2n1. The van der Waals surface area contributed by atoms with Crippen LogP contribution in [-0.4, -0.2) is 49.1 Å². The number of para-hydroxylation sites is 1. The Morgan fingerprint density at radius 1 is 1.18 bits per heavy atom. The maximum atomic E-state index is 12.3. The van der Waals surface area contributed by atoms with Crippen LogP contribution in [0.1, 0.15) is 17.0 Å². The normalized spacial score (nSPS) is 11.1. The van der Waals surface area contributed by atoms with E-state index in [-0.39, 0.29) is 5.91 Å². The number of rotatable bonds is 4. The van der Waals surface area contributed by atoms with Crippen molar-refractivity contribution in [3.8, 4) is 17.1 Å². The third-order valence-corrected chi connectivity index (χ3v) is 4.75. The molecule has 0 aliphatic heterocycles. The van der Waals surface area contributed by atoms with Crippen LogP contribution in [0.3, 0.4) is 0 Å². The van der Waals surface area contributed by atoms with Crippen molar-refractivity contribution in [1.82, 2.24) is 29.0 Å². The summed E-state index contributed by atoms with van der Waals surface area (Å²) < 4.78 is 3.82. The lowest BCUT2D eigenvalue weighted by Gasteiger charge is -2.15. The Balaban J connectivity index is 1.85. The number of aromatic nitrogens is 5. The van der Waals surface area contributed by atoms with Crippen LogP contribution in [-0.2, 0) is 11.2 Å². The van der Waals surface area contributed by atoms with Crippen LogP contribution < -0.4 is 0 Å². The predicted octanol–water partition coefficient (Wildman–Crippen LogP) is 2.83. The van der Waals surface area contributed by atoms with Crippen molar-refractivity contribution in [3.63, 3.8) is 0 Å². The Hall–Kier alpha value is -3.48. The molecule has 0 radical (unpaired) electrons. The quantitative estimate of drug-likeness (QED) is 0.551. The summed E-state index contributed by atoms with van der Waals surface area (Å²) in [7, 11) is 3.53. The molecule has 0 aliphatic rings. The van der Waals surface area contributed by atoms with Crippen molar-refractivity contribution < 1.29 is 4.79 Å². The molecule has 142 valence electrons. The fourth-order valence-corrected chi connectivity index (χ4v) is 3.34. The van der Waals surface area contributed by atoms with Crippen LogP contribution in [0.5, 0.6) is 0 Å². The fraction of sp³-hybridized carbons (Fsp3) is 0.238. The summed E-state index contributed by atoms with van der Waals surface area (Å²) in [6.45, 7) is 3.98. The zero-order valence-corrected chi connectivity index (χ0v) is 16.4. The van der Waals surface area contributed by atoms with E-state index in [0.29, 0.717) is 6.42 Å². The molecule has 1 amide bonds. The minimum Gasteiger partial charge on any atom is -0.349 e. The molecule has 28 heavy (non-hydrogen) atoms. The Morgan fingerprint density at radius 2 is 1.96 bits per heavy atom. The van der Waals surface area contributed by atoms with E-state index in [1.165, 1.54) is 0 Å². The standard InChI is InChI=1S/C21H22N6O/c1-14-11-15(2)27-21(24-14)17(13-23-27)20-22-9-10-26(20)18-8-6-5-7-16(18)12-19(28)25(3)4/h5-11,13H,12H2,1-4H3. The number of hydrogen-bond acceptors (Lipinski definition) is 4. The molecule has 0 fully saturated rings. The Morgan fingerprint density at radius 3 is 2.75 bits per heavy atom. The molecule has 3 heterocycles. The molecular formula is C21H22N6O. The van der Waals surface area contributed by atoms with E-state index in [0.717, 1.165) is 39.7 Å². The number of benzene rings is 1. The van der Waals surface area contributed by atoms with E-state index in [9.17, 15) is 4.79 Å². The first-order valence-electron chi connectivity index (χ1n) is 9.10. The molecule has 0 aliphatic carbocycles. The molecule has 0 bridgehead atoms. The second-order valence-electron chi connectivity index (χ2n) is 7.05. The van der Waals surface area contributed by atoms with E-state index >= 15 is 0 Å². The number of carbonyl (C=O) groups excluding carboxylic acids is 1. The third kappa shape index (κ3) is 3.05. The van der Waals surface area contributed by atoms with E-state index in [1.807, 2.05) is 59.5 Å².